The standard InChI is InChI=1S/C16H23N3O/c20-16(11-13-3-1-7-18-12-13)15-4-2-10-19(15)14-5-8-17-9-6-14/h1,3,7,12,14-15,17H,2,4-6,8-11H2. The molecule has 4 nitrogen and oxygen atoms in total. The first-order chi connectivity index (χ1) is 9.84. The number of pyridine rings is 1. The molecule has 0 spiro atoms. The minimum Gasteiger partial charge on any atom is -0.317 e. The van der Waals surface area contributed by atoms with Gasteiger partial charge in [0.2, 0.25) is 0 Å². The Kier molecular flexibility index (Phi) is 4.43. The van der Waals surface area contributed by atoms with E-state index in [1.165, 1.54) is 12.8 Å². The summed E-state index contributed by atoms with van der Waals surface area (Å²) in [6, 6.07) is 4.64. The zero-order chi connectivity index (χ0) is 13.8. The molecule has 2 fully saturated rings. The number of hydrogen-bond donors (Lipinski definition) is 1. The number of rotatable bonds is 4. The smallest absolute Gasteiger partial charge is 0.154 e. The lowest BCUT2D eigenvalue weighted by Gasteiger charge is -2.35. The van der Waals surface area contributed by atoms with Crippen LogP contribution in [0.3, 0.4) is 0 Å². The predicted molar refractivity (Wildman–Crippen MR) is 78.6 cm³/mol. The normalized spacial score (nSPS) is 24.9. The van der Waals surface area contributed by atoms with Gasteiger partial charge in [0.15, 0.2) is 5.78 Å². The topological polar surface area (TPSA) is 45.2 Å². The SMILES string of the molecule is O=C(Cc1cccnc1)C1CCCN1C1CCNCC1. The number of carbonyl (C=O) groups excluding carboxylic acids is 1. The van der Waals surface area contributed by atoms with Gasteiger partial charge in [-0.3, -0.25) is 14.7 Å². The summed E-state index contributed by atoms with van der Waals surface area (Å²) in [4.78, 5) is 19.2. The number of aromatic nitrogens is 1. The van der Waals surface area contributed by atoms with Crippen molar-refractivity contribution in [1.29, 1.82) is 0 Å². The van der Waals surface area contributed by atoms with Crippen molar-refractivity contribution in [2.24, 2.45) is 0 Å². The van der Waals surface area contributed by atoms with E-state index in [4.69, 9.17) is 0 Å². The Balaban J connectivity index is 1.64. The van der Waals surface area contributed by atoms with E-state index in [1.54, 1.807) is 6.20 Å². The van der Waals surface area contributed by atoms with Gasteiger partial charge in [0.1, 0.15) is 0 Å². The van der Waals surface area contributed by atoms with Crippen LogP contribution in [0.2, 0.25) is 0 Å². The molecule has 0 saturated carbocycles. The molecule has 1 unspecified atom stereocenters. The molecule has 3 rings (SSSR count). The van der Waals surface area contributed by atoms with Crippen molar-refractivity contribution < 1.29 is 4.79 Å². The molecule has 0 bridgehead atoms. The molecule has 0 aliphatic carbocycles. The highest BCUT2D eigenvalue weighted by Crippen LogP contribution is 2.25. The van der Waals surface area contributed by atoms with Crippen LogP contribution in [-0.4, -0.2) is 47.4 Å². The molecular formula is C16H23N3O. The summed E-state index contributed by atoms with van der Waals surface area (Å²) in [5.74, 6) is 0.369. The van der Waals surface area contributed by atoms with E-state index in [0.717, 1.165) is 38.0 Å². The number of nitrogens with zero attached hydrogens (tertiary/aromatic N) is 2. The van der Waals surface area contributed by atoms with Crippen LogP contribution in [0.15, 0.2) is 24.5 Å². The maximum absolute atomic E-state index is 12.6. The Hall–Kier alpha value is -1.26. The summed E-state index contributed by atoms with van der Waals surface area (Å²) in [6.07, 6.45) is 8.64. The number of hydrogen-bond acceptors (Lipinski definition) is 4. The Morgan fingerprint density at radius 2 is 2.20 bits per heavy atom. The van der Waals surface area contributed by atoms with Crippen molar-refractivity contribution in [2.45, 2.75) is 44.2 Å². The summed E-state index contributed by atoms with van der Waals surface area (Å²) in [5, 5.41) is 3.40. The molecule has 3 heterocycles. The third-order valence-corrected chi connectivity index (χ3v) is 4.54. The zero-order valence-corrected chi connectivity index (χ0v) is 11.9. The number of carbonyl (C=O) groups is 1. The van der Waals surface area contributed by atoms with Crippen LogP contribution in [0.5, 0.6) is 0 Å². The maximum atomic E-state index is 12.6. The largest absolute Gasteiger partial charge is 0.317 e. The molecule has 2 aliphatic rings. The summed E-state index contributed by atoms with van der Waals surface area (Å²) in [6.45, 7) is 3.27. The lowest BCUT2D eigenvalue weighted by Crippen LogP contribution is -2.48. The van der Waals surface area contributed by atoms with Crippen LogP contribution >= 0.6 is 0 Å². The van der Waals surface area contributed by atoms with E-state index in [2.05, 4.69) is 15.2 Å². The Labute approximate surface area is 120 Å². The third kappa shape index (κ3) is 3.07. The molecule has 1 aromatic rings. The van der Waals surface area contributed by atoms with E-state index in [-0.39, 0.29) is 6.04 Å². The Morgan fingerprint density at radius 1 is 1.35 bits per heavy atom. The molecule has 1 N–H and O–H groups in total. The minimum absolute atomic E-state index is 0.137. The van der Waals surface area contributed by atoms with Gasteiger partial charge in [0.25, 0.3) is 0 Å². The number of piperidine rings is 1. The van der Waals surface area contributed by atoms with Gasteiger partial charge in [-0.1, -0.05) is 6.07 Å². The van der Waals surface area contributed by atoms with Crippen molar-refractivity contribution >= 4 is 5.78 Å². The highest BCUT2D eigenvalue weighted by Gasteiger charge is 2.35. The predicted octanol–water partition coefficient (Wildman–Crippen LogP) is 1.41. The molecule has 2 saturated heterocycles. The third-order valence-electron chi connectivity index (χ3n) is 4.54. The summed E-state index contributed by atoms with van der Waals surface area (Å²) >= 11 is 0. The van der Waals surface area contributed by atoms with Gasteiger partial charge in [-0.15, -0.1) is 0 Å². The van der Waals surface area contributed by atoms with E-state index < -0.39 is 0 Å². The zero-order valence-electron chi connectivity index (χ0n) is 11.9. The van der Waals surface area contributed by atoms with E-state index >= 15 is 0 Å². The fraction of sp³-hybridized carbons (Fsp3) is 0.625. The van der Waals surface area contributed by atoms with Crippen LogP contribution in [0.25, 0.3) is 0 Å². The second kappa shape index (κ2) is 6.46. The first kappa shape index (κ1) is 13.7. The fourth-order valence-corrected chi connectivity index (χ4v) is 3.53. The van der Waals surface area contributed by atoms with Crippen LogP contribution in [-0.2, 0) is 11.2 Å². The molecule has 20 heavy (non-hydrogen) atoms. The molecule has 1 aromatic heterocycles. The van der Waals surface area contributed by atoms with E-state index in [9.17, 15) is 4.79 Å². The fourth-order valence-electron chi connectivity index (χ4n) is 3.53. The summed E-state index contributed by atoms with van der Waals surface area (Å²) in [5.41, 5.74) is 1.04. The first-order valence-electron chi connectivity index (χ1n) is 7.72. The average Bonchev–Trinajstić information content (AvgIpc) is 2.99. The van der Waals surface area contributed by atoms with E-state index in [0.29, 0.717) is 18.2 Å². The highest BCUT2D eigenvalue weighted by molar-refractivity contribution is 5.86. The molecule has 0 amide bonds. The summed E-state index contributed by atoms with van der Waals surface area (Å²) in [7, 11) is 0. The van der Waals surface area contributed by atoms with Crippen LogP contribution in [0.4, 0.5) is 0 Å². The first-order valence-corrected chi connectivity index (χ1v) is 7.72. The molecule has 0 aromatic carbocycles. The second-order valence-electron chi connectivity index (χ2n) is 5.88. The van der Waals surface area contributed by atoms with Gasteiger partial charge in [-0.2, -0.15) is 0 Å². The van der Waals surface area contributed by atoms with Crippen molar-refractivity contribution in [3.8, 4) is 0 Å². The summed E-state index contributed by atoms with van der Waals surface area (Å²) < 4.78 is 0. The van der Waals surface area contributed by atoms with E-state index in [1.807, 2.05) is 18.3 Å². The minimum atomic E-state index is 0.137. The second-order valence-corrected chi connectivity index (χ2v) is 5.88. The molecule has 108 valence electrons. The Bertz CT molecular complexity index is 442. The Morgan fingerprint density at radius 3 is 2.95 bits per heavy atom. The van der Waals surface area contributed by atoms with Gasteiger partial charge in [0, 0.05) is 24.9 Å². The molecule has 4 heteroatoms. The average molecular weight is 273 g/mol. The maximum Gasteiger partial charge on any atom is 0.154 e. The van der Waals surface area contributed by atoms with Gasteiger partial charge in [-0.25, -0.2) is 0 Å². The molecular weight excluding hydrogens is 250 g/mol. The highest BCUT2D eigenvalue weighted by atomic mass is 16.1. The van der Waals surface area contributed by atoms with Crippen LogP contribution in [0, 0.1) is 0 Å². The van der Waals surface area contributed by atoms with Crippen molar-refractivity contribution in [2.75, 3.05) is 19.6 Å². The number of ketones is 1. The van der Waals surface area contributed by atoms with Crippen LogP contribution < -0.4 is 5.32 Å². The van der Waals surface area contributed by atoms with Gasteiger partial charge in [0.05, 0.1) is 6.04 Å². The van der Waals surface area contributed by atoms with Crippen molar-refractivity contribution in [3.05, 3.63) is 30.1 Å². The van der Waals surface area contributed by atoms with Crippen molar-refractivity contribution in [1.82, 2.24) is 15.2 Å². The number of Topliss-reactive ketones (excluding diaryl/α,β-unsaturated/α-hetero) is 1. The van der Waals surface area contributed by atoms with Crippen molar-refractivity contribution in [3.63, 3.8) is 0 Å². The van der Waals surface area contributed by atoms with Crippen LogP contribution in [0.1, 0.15) is 31.2 Å². The monoisotopic (exact) mass is 273 g/mol. The lowest BCUT2D eigenvalue weighted by atomic mass is 9.99. The lowest BCUT2D eigenvalue weighted by molar-refractivity contribution is -0.123. The number of nitrogens with one attached hydrogen (secondary N) is 1. The van der Waals surface area contributed by atoms with Gasteiger partial charge in [-0.05, 0) is 56.9 Å². The quantitative estimate of drug-likeness (QED) is 0.901. The number of likely N-dealkylation sites (tertiary alicyclic amines) is 1. The molecule has 2 aliphatic heterocycles. The molecule has 0 radical (unpaired) electrons. The molecule has 1 atom stereocenters. The van der Waals surface area contributed by atoms with Gasteiger partial charge >= 0.3 is 0 Å². The van der Waals surface area contributed by atoms with Gasteiger partial charge < -0.3 is 5.32 Å².